The van der Waals surface area contributed by atoms with E-state index in [2.05, 4.69) is 20.3 Å². The van der Waals surface area contributed by atoms with Gasteiger partial charge < -0.3 is 5.32 Å². The molecule has 0 bridgehead atoms. The van der Waals surface area contributed by atoms with Crippen LogP contribution in [0.4, 0.5) is 5.13 Å². The molecule has 5 nitrogen and oxygen atoms in total. The van der Waals surface area contributed by atoms with Gasteiger partial charge in [0.1, 0.15) is 10.9 Å². The molecule has 2 aromatic heterocycles. The summed E-state index contributed by atoms with van der Waals surface area (Å²) in [5.41, 5.74) is 1.96. The maximum Gasteiger partial charge on any atom is 0.226 e. The van der Waals surface area contributed by atoms with Gasteiger partial charge in [-0.1, -0.05) is 30.3 Å². The normalized spacial score (nSPS) is 10.5. The summed E-state index contributed by atoms with van der Waals surface area (Å²) in [7, 11) is 0. The largest absolute Gasteiger partial charge is 0.302 e. The topological polar surface area (TPSA) is 67.8 Å². The SMILES string of the molecule is Cc1nc(SCCC(=O)Nc2nccs2)cc(-c2ccccc2)n1. The number of aromatic nitrogens is 3. The van der Waals surface area contributed by atoms with Crippen LogP contribution in [0.3, 0.4) is 0 Å². The quantitative estimate of drug-likeness (QED) is 0.533. The Hall–Kier alpha value is -2.25. The molecule has 0 radical (unpaired) electrons. The molecule has 0 atom stereocenters. The van der Waals surface area contributed by atoms with Crippen LogP contribution in [0.1, 0.15) is 12.2 Å². The molecule has 1 amide bonds. The van der Waals surface area contributed by atoms with Crippen molar-refractivity contribution in [3.63, 3.8) is 0 Å². The lowest BCUT2D eigenvalue weighted by Crippen LogP contribution is -2.11. The van der Waals surface area contributed by atoms with Gasteiger partial charge in [-0.3, -0.25) is 4.79 Å². The summed E-state index contributed by atoms with van der Waals surface area (Å²) in [4.78, 5) is 24.8. The molecule has 7 heteroatoms. The van der Waals surface area contributed by atoms with Gasteiger partial charge in [-0.25, -0.2) is 15.0 Å². The van der Waals surface area contributed by atoms with Crippen LogP contribution < -0.4 is 5.32 Å². The Balaban J connectivity index is 1.59. The smallest absolute Gasteiger partial charge is 0.226 e. The average Bonchev–Trinajstić information content (AvgIpc) is 3.08. The Morgan fingerprint density at radius 3 is 2.83 bits per heavy atom. The van der Waals surface area contributed by atoms with Crippen molar-refractivity contribution in [2.24, 2.45) is 0 Å². The van der Waals surface area contributed by atoms with Crippen LogP contribution in [0.25, 0.3) is 11.3 Å². The van der Waals surface area contributed by atoms with Crippen molar-refractivity contribution in [2.45, 2.75) is 18.4 Å². The van der Waals surface area contributed by atoms with E-state index in [0.717, 1.165) is 22.1 Å². The first-order valence-corrected chi connectivity index (χ1v) is 9.30. The van der Waals surface area contributed by atoms with Crippen LogP contribution >= 0.6 is 23.1 Å². The second kappa shape index (κ2) is 8.03. The zero-order valence-electron chi connectivity index (χ0n) is 13.1. The summed E-state index contributed by atoms with van der Waals surface area (Å²) in [5.74, 6) is 1.35. The monoisotopic (exact) mass is 356 g/mol. The van der Waals surface area contributed by atoms with E-state index < -0.39 is 0 Å². The van der Waals surface area contributed by atoms with E-state index in [1.165, 1.54) is 11.3 Å². The van der Waals surface area contributed by atoms with Gasteiger partial charge in [0.05, 0.1) is 5.69 Å². The molecule has 0 saturated carbocycles. The van der Waals surface area contributed by atoms with Crippen molar-refractivity contribution < 1.29 is 4.79 Å². The van der Waals surface area contributed by atoms with Gasteiger partial charge in [-0.2, -0.15) is 0 Å². The number of hydrogen-bond acceptors (Lipinski definition) is 6. The number of thioether (sulfide) groups is 1. The van der Waals surface area contributed by atoms with Gasteiger partial charge in [0.25, 0.3) is 0 Å². The lowest BCUT2D eigenvalue weighted by Gasteiger charge is -2.06. The molecular formula is C17H16N4OS2. The zero-order valence-corrected chi connectivity index (χ0v) is 14.7. The third kappa shape index (κ3) is 4.62. The van der Waals surface area contributed by atoms with E-state index >= 15 is 0 Å². The number of anilines is 1. The van der Waals surface area contributed by atoms with Gasteiger partial charge in [0.2, 0.25) is 5.91 Å². The molecule has 0 aliphatic carbocycles. The molecule has 1 N–H and O–H groups in total. The number of thiazole rings is 1. The number of carbonyl (C=O) groups excluding carboxylic acids is 1. The second-order valence-electron chi connectivity index (χ2n) is 4.99. The van der Waals surface area contributed by atoms with Crippen LogP contribution in [0, 0.1) is 6.92 Å². The number of rotatable bonds is 6. The first-order chi connectivity index (χ1) is 11.7. The third-order valence-electron chi connectivity index (χ3n) is 3.14. The minimum absolute atomic E-state index is 0.0356. The molecule has 2 heterocycles. The molecule has 122 valence electrons. The van der Waals surface area contributed by atoms with Gasteiger partial charge in [-0.15, -0.1) is 23.1 Å². The Kier molecular flexibility index (Phi) is 5.55. The lowest BCUT2D eigenvalue weighted by molar-refractivity contribution is -0.115. The van der Waals surface area contributed by atoms with Crippen molar-refractivity contribution in [3.8, 4) is 11.3 Å². The minimum Gasteiger partial charge on any atom is -0.302 e. The van der Waals surface area contributed by atoms with Crippen molar-refractivity contribution in [3.05, 3.63) is 53.8 Å². The van der Waals surface area contributed by atoms with Crippen LogP contribution in [-0.4, -0.2) is 26.6 Å². The molecular weight excluding hydrogens is 340 g/mol. The first kappa shape index (κ1) is 16.6. The van der Waals surface area contributed by atoms with Crippen LogP contribution in [0.2, 0.25) is 0 Å². The van der Waals surface area contributed by atoms with E-state index in [1.54, 1.807) is 18.0 Å². The van der Waals surface area contributed by atoms with Crippen molar-refractivity contribution in [2.75, 3.05) is 11.1 Å². The average molecular weight is 356 g/mol. The van der Waals surface area contributed by atoms with E-state index in [1.807, 2.05) is 48.7 Å². The number of nitrogens with zero attached hydrogens (tertiary/aromatic N) is 3. The number of amides is 1. The predicted octanol–water partition coefficient (Wildman–Crippen LogP) is 4.03. The summed E-state index contributed by atoms with van der Waals surface area (Å²) in [6.45, 7) is 1.88. The van der Waals surface area contributed by atoms with E-state index in [0.29, 0.717) is 17.3 Å². The number of nitrogens with one attached hydrogen (secondary N) is 1. The zero-order chi connectivity index (χ0) is 16.8. The first-order valence-electron chi connectivity index (χ1n) is 7.44. The molecule has 0 aliphatic rings. The van der Waals surface area contributed by atoms with E-state index in [-0.39, 0.29) is 5.91 Å². The third-order valence-corrected chi connectivity index (χ3v) is 4.74. The van der Waals surface area contributed by atoms with Crippen molar-refractivity contribution >= 4 is 34.1 Å². The number of carbonyl (C=O) groups is 1. The van der Waals surface area contributed by atoms with Crippen LogP contribution in [0.5, 0.6) is 0 Å². The molecule has 3 rings (SSSR count). The maximum absolute atomic E-state index is 11.9. The molecule has 24 heavy (non-hydrogen) atoms. The summed E-state index contributed by atoms with van der Waals surface area (Å²) in [6, 6.07) is 12.0. The second-order valence-corrected chi connectivity index (χ2v) is 7.00. The van der Waals surface area contributed by atoms with Gasteiger partial charge in [0.15, 0.2) is 5.13 Å². The highest BCUT2D eigenvalue weighted by Gasteiger charge is 2.07. The Labute approximate surface area is 148 Å². The molecule has 0 spiro atoms. The Morgan fingerprint density at radius 1 is 1.25 bits per heavy atom. The van der Waals surface area contributed by atoms with Crippen molar-refractivity contribution in [1.29, 1.82) is 0 Å². The summed E-state index contributed by atoms with van der Waals surface area (Å²) >= 11 is 2.97. The summed E-state index contributed by atoms with van der Waals surface area (Å²) in [5, 5.41) is 6.12. The van der Waals surface area contributed by atoms with Gasteiger partial charge >= 0.3 is 0 Å². The number of hydrogen-bond donors (Lipinski definition) is 1. The lowest BCUT2D eigenvalue weighted by atomic mass is 10.1. The summed E-state index contributed by atoms with van der Waals surface area (Å²) < 4.78 is 0. The standard InChI is InChI=1S/C17H16N4OS2/c1-12-19-14(13-5-3-2-4-6-13)11-16(20-12)23-9-7-15(22)21-17-18-8-10-24-17/h2-6,8,10-11H,7,9H2,1H3,(H,18,21,22). The van der Waals surface area contributed by atoms with Crippen LogP contribution in [-0.2, 0) is 4.79 Å². The highest BCUT2D eigenvalue weighted by molar-refractivity contribution is 7.99. The fraction of sp³-hybridized carbons (Fsp3) is 0.176. The summed E-state index contributed by atoms with van der Waals surface area (Å²) in [6.07, 6.45) is 2.08. The molecule has 0 aliphatic heterocycles. The molecule has 0 fully saturated rings. The van der Waals surface area contributed by atoms with E-state index in [9.17, 15) is 4.79 Å². The predicted molar refractivity (Wildman–Crippen MR) is 98.3 cm³/mol. The van der Waals surface area contributed by atoms with Gasteiger partial charge in [-0.05, 0) is 13.0 Å². The number of aryl methyl sites for hydroxylation is 1. The molecule has 0 unspecified atom stereocenters. The van der Waals surface area contributed by atoms with Gasteiger partial charge in [0, 0.05) is 29.3 Å². The molecule has 3 aromatic rings. The fourth-order valence-corrected chi connectivity index (χ4v) is 3.52. The maximum atomic E-state index is 11.9. The highest BCUT2D eigenvalue weighted by Crippen LogP contribution is 2.23. The Morgan fingerprint density at radius 2 is 2.08 bits per heavy atom. The highest BCUT2D eigenvalue weighted by atomic mass is 32.2. The number of benzene rings is 1. The van der Waals surface area contributed by atoms with Crippen LogP contribution in [0.15, 0.2) is 53.0 Å². The molecule has 0 saturated heterocycles. The fourth-order valence-electron chi connectivity index (χ4n) is 2.09. The van der Waals surface area contributed by atoms with E-state index in [4.69, 9.17) is 0 Å². The molecule has 1 aromatic carbocycles. The minimum atomic E-state index is -0.0356. The Bertz CT molecular complexity index is 807. The van der Waals surface area contributed by atoms with Crippen molar-refractivity contribution in [1.82, 2.24) is 15.0 Å².